The fourth-order valence-corrected chi connectivity index (χ4v) is 1.93. The summed E-state index contributed by atoms with van der Waals surface area (Å²) in [7, 11) is 0. The summed E-state index contributed by atoms with van der Waals surface area (Å²) in [4.78, 5) is 12.1. The molecule has 1 amide bonds. The molecule has 0 saturated heterocycles. The molecule has 0 saturated carbocycles. The Labute approximate surface area is 129 Å². The number of halogens is 4. The molecule has 0 heterocycles. The number of carbonyl (C=O) groups is 1. The average Bonchev–Trinajstić information content (AvgIpc) is 2.48. The first-order valence-corrected chi connectivity index (χ1v) is 6.73. The molecular weight excluding hydrogens is 314 g/mol. The van der Waals surface area contributed by atoms with Crippen molar-refractivity contribution in [2.75, 3.05) is 11.9 Å². The average molecular weight is 327 g/mol. The van der Waals surface area contributed by atoms with E-state index in [1.165, 1.54) is 0 Å². The van der Waals surface area contributed by atoms with Crippen molar-refractivity contribution in [2.24, 2.45) is 0 Å². The smallest absolute Gasteiger partial charge is 0.419 e. The number of rotatable bonds is 4. The zero-order valence-corrected chi connectivity index (χ0v) is 12.1. The van der Waals surface area contributed by atoms with Gasteiger partial charge in [0.15, 0.2) is 0 Å². The van der Waals surface area contributed by atoms with E-state index in [-0.39, 0.29) is 5.56 Å². The topological polar surface area (TPSA) is 38.3 Å². The number of nitrogens with one attached hydrogen (secondary N) is 1. The van der Waals surface area contributed by atoms with Gasteiger partial charge in [-0.2, -0.15) is 13.2 Å². The summed E-state index contributed by atoms with van der Waals surface area (Å²) in [5, 5.41) is 2.46. The molecule has 0 unspecified atom stereocenters. The van der Waals surface area contributed by atoms with Crippen molar-refractivity contribution < 1.29 is 27.1 Å². The van der Waals surface area contributed by atoms with Crippen LogP contribution in [0.15, 0.2) is 42.5 Å². The number of para-hydroxylation sites is 2. The summed E-state index contributed by atoms with van der Waals surface area (Å²) in [5.41, 5.74) is -1.47. The summed E-state index contributed by atoms with van der Waals surface area (Å²) in [6, 6.07) is 8.59. The molecule has 7 heteroatoms. The Bertz CT molecular complexity index is 713. The third-order valence-corrected chi connectivity index (χ3v) is 2.97. The largest absolute Gasteiger partial charge is 0.492 e. The second-order valence-electron chi connectivity index (χ2n) is 4.58. The van der Waals surface area contributed by atoms with Crippen LogP contribution < -0.4 is 10.1 Å². The number of anilines is 1. The highest BCUT2D eigenvalue weighted by atomic mass is 19.4. The van der Waals surface area contributed by atoms with Crippen LogP contribution in [0.3, 0.4) is 0 Å². The zero-order valence-electron chi connectivity index (χ0n) is 12.1. The lowest BCUT2D eigenvalue weighted by Crippen LogP contribution is -2.15. The highest BCUT2D eigenvalue weighted by Gasteiger charge is 2.34. The molecule has 1 N–H and O–H groups in total. The van der Waals surface area contributed by atoms with Crippen LogP contribution in [-0.4, -0.2) is 12.5 Å². The van der Waals surface area contributed by atoms with Crippen LogP contribution in [0.1, 0.15) is 22.8 Å². The van der Waals surface area contributed by atoms with E-state index in [0.717, 1.165) is 6.07 Å². The van der Waals surface area contributed by atoms with E-state index in [0.29, 0.717) is 30.2 Å². The normalized spacial score (nSPS) is 11.2. The van der Waals surface area contributed by atoms with Crippen LogP contribution in [0.2, 0.25) is 0 Å². The summed E-state index contributed by atoms with van der Waals surface area (Å²) < 4.78 is 56.6. The Kier molecular flexibility index (Phi) is 4.88. The molecule has 0 bridgehead atoms. The Morgan fingerprint density at radius 3 is 2.52 bits per heavy atom. The monoisotopic (exact) mass is 327 g/mol. The number of hydrogen-bond acceptors (Lipinski definition) is 2. The minimum Gasteiger partial charge on any atom is -0.492 e. The highest BCUT2D eigenvalue weighted by Crippen LogP contribution is 2.32. The summed E-state index contributed by atoms with van der Waals surface area (Å²) in [6.45, 7) is 2.12. The molecule has 23 heavy (non-hydrogen) atoms. The van der Waals surface area contributed by atoms with Crippen molar-refractivity contribution >= 4 is 11.6 Å². The molecule has 2 rings (SSSR count). The van der Waals surface area contributed by atoms with Crippen LogP contribution >= 0.6 is 0 Å². The predicted molar refractivity (Wildman–Crippen MR) is 77.0 cm³/mol. The zero-order chi connectivity index (χ0) is 17.0. The van der Waals surface area contributed by atoms with Gasteiger partial charge in [0.2, 0.25) is 0 Å². The maximum atomic E-state index is 13.2. The van der Waals surface area contributed by atoms with Crippen LogP contribution in [0.4, 0.5) is 23.2 Å². The molecule has 0 aromatic heterocycles. The number of carbonyl (C=O) groups excluding carboxylic acids is 1. The van der Waals surface area contributed by atoms with Gasteiger partial charge in [0.1, 0.15) is 11.6 Å². The Balaban J connectivity index is 2.29. The lowest BCUT2D eigenvalue weighted by Gasteiger charge is -2.13. The Morgan fingerprint density at radius 2 is 1.87 bits per heavy atom. The second kappa shape index (κ2) is 6.68. The van der Waals surface area contributed by atoms with Gasteiger partial charge in [-0.05, 0) is 37.3 Å². The number of alkyl halides is 3. The van der Waals surface area contributed by atoms with E-state index in [1.807, 2.05) is 0 Å². The van der Waals surface area contributed by atoms with E-state index < -0.39 is 23.5 Å². The maximum absolute atomic E-state index is 13.2. The van der Waals surface area contributed by atoms with Gasteiger partial charge in [0.05, 0.1) is 17.9 Å². The van der Waals surface area contributed by atoms with E-state index in [2.05, 4.69) is 5.32 Å². The van der Waals surface area contributed by atoms with Crippen molar-refractivity contribution in [1.29, 1.82) is 0 Å². The highest BCUT2D eigenvalue weighted by molar-refractivity contribution is 6.05. The first kappa shape index (κ1) is 16.8. The molecule has 122 valence electrons. The first-order chi connectivity index (χ1) is 10.8. The SMILES string of the molecule is CCOc1ccccc1NC(=O)c1ccc(F)c(C(F)(F)F)c1. The molecule has 0 spiro atoms. The number of hydrogen-bond donors (Lipinski definition) is 1. The molecule has 0 aliphatic heterocycles. The van der Waals surface area contributed by atoms with Gasteiger partial charge in [0.25, 0.3) is 5.91 Å². The van der Waals surface area contributed by atoms with Gasteiger partial charge < -0.3 is 10.1 Å². The Hall–Kier alpha value is -2.57. The van der Waals surface area contributed by atoms with E-state index in [1.54, 1.807) is 31.2 Å². The van der Waals surface area contributed by atoms with Gasteiger partial charge in [-0.15, -0.1) is 0 Å². The van der Waals surface area contributed by atoms with Gasteiger partial charge >= 0.3 is 6.18 Å². The van der Waals surface area contributed by atoms with Gasteiger partial charge in [-0.1, -0.05) is 12.1 Å². The first-order valence-electron chi connectivity index (χ1n) is 6.73. The second-order valence-corrected chi connectivity index (χ2v) is 4.58. The van der Waals surface area contributed by atoms with Crippen molar-refractivity contribution in [2.45, 2.75) is 13.1 Å². The fourth-order valence-electron chi connectivity index (χ4n) is 1.93. The van der Waals surface area contributed by atoms with Gasteiger partial charge in [-0.3, -0.25) is 4.79 Å². The quantitative estimate of drug-likeness (QED) is 0.840. The minimum absolute atomic E-state index is 0.301. The lowest BCUT2D eigenvalue weighted by atomic mass is 10.1. The summed E-state index contributed by atoms with van der Waals surface area (Å²) in [5.74, 6) is -1.83. The molecule has 2 aromatic rings. The van der Waals surface area contributed by atoms with Crippen molar-refractivity contribution in [3.63, 3.8) is 0 Å². The van der Waals surface area contributed by atoms with E-state index in [9.17, 15) is 22.4 Å². The van der Waals surface area contributed by atoms with E-state index in [4.69, 9.17) is 4.74 Å². The molecule has 0 atom stereocenters. The number of amides is 1. The standard InChI is InChI=1S/C16H13F4NO2/c1-2-23-14-6-4-3-5-13(14)21-15(22)10-7-8-12(17)11(9-10)16(18,19)20/h3-9H,2H2,1H3,(H,21,22). The number of benzene rings is 2. The fraction of sp³-hybridized carbons (Fsp3) is 0.188. The molecule has 3 nitrogen and oxygen atoms in total. The molecule has 2 aromatic carbocycles. The molecular formula is C16H13F4NO2. The van der Waals surface area contributed by atoms with Crippen molar-refractivity contribution in [1.82, 2.24) is 0 Å². The van der Waals surface area contributed by atoms with Crippen molar-refractivity contribution in [3.05, 3.63) is 59.4 Å². The van der Waals surface area contributed by atoms with Crippen LogP contribution in [0, 0.1) is 5.82 Å². The van der Waals surface area contributed by atoms with E-state index >= 15 is 0 Å². The third-order valence-electron chi connectivity index (χ3n) is 2.97. The molecule has 0 aliphatic carbocycles. The van der Waals surface area contributed by atoms with Crippen LogP contribution in [0.5, 0.6) is 5.75 Å². The van der Waals surface area contributed by atoms with Crippen molar-refractivity contribution in [3.8, 4) is 5.75 Å². The molecule has 0 radical (unpaired) electrons. The van der Waals surface area contributed by atoms with Gasteiger partial charge in [0, 0.05) is 5.56 Å². The minimum atomic E-state index is -4.87. The Morgan fingerprint density at radius 1 is 1.17 bits per heavy atom. The predicted octanol–water partition coefficient (Wildman–Crippen LogP) is 4.50. The summed E-state index contributed by atoms with van der Waals surface area (Å²) >= 11 is 0. The van der Waals surface area contributed by atoms with Gasteiger partial charge in [-0.25, -0.2) is 4.39 Å². The third kappa shape index (κ3) is 4.00. The number of ether oxygens (including phenoxy) is 1. The lowest BCUT2D eigenvalue weighted by molar-refractivity contribution is -0.140. The summed E-state index contributed by atoms with van der Waals surface area (Å²) in [6.07, 6.45) is -4.87. The molecule has 0 fully saturated rings. The van der Waals surface area contributed by atoms with Crippen LogP contribution in [0.25, 0.3) is 0 Å². The molecule has 0 aliphatic rings. The maximum Gasteiger partial charge on any atom is 0.419 e. The van der Waals surface area contributed by atoms with Crippen LogP contribution in [-0.2, 0) is 6.18 Å².